The topological polar surface area (TPSA) is 57.8 Å². The third-order valence-electron chi connectivity index (χ3n) is 4.08. The van der Waals surface area contributed by atoms with Crippen molar-refractivity contribution >= 4 is 22.8 Å². The lowest BCUT2D eigenvalue weighted by molar-refractivity contribution is -0.141. The molecule has 0 saturated carbocycles. The first kappa shape index (κ1) is 16.8. The first-order valence-corrected chi connectivity index (χ1v) is 8.48. The zero-order chi connectivity index (χ0) is 18.5. The zero-order valence-electron chi connectivity index (χ0n) is 13.1. The fraction of sp³-hybridized carbons (Fsp3) is 0.176. The number of carbonyl (C=O) groups is 1. The minimum absolute atomic E-state index is 0.286. The van der Waals surface area contributed by atoms with Crippen molar-refractivity contribution in [3.05, 3.63) is 58.0 Å². The normalized spacial score (nSPS) is 13.5. The number of thiophene rings is 1. The summed E-state index contributed by atoms with van der Waals surface area (Å²) in [7, 11) is 0. The average Bonchev–Trinajstić information content (AvgIpc) is 3.19. The van der Waals surface area contributed by atoms with Gasteiger partial charge in [-0.2, -0.15) is 18.3 Å². The second-order valence-corrected chi connectivity index (χ2v) is 6.88. The van der Waals surface area contributed by atoms with Gasteiger partial charge >= 0.3 is 6.18 Å². The van der Waals surface area contributed by atoms with Gasteiger partial charge in [0.15, 0.2) is 0 Å². The maximum absolute atomic E-state index is 13.5. The molecule has 0 spiro atoms. The Morgan fingerprint density at radius 2 is 2.00 bits per heavy atom. The number of fused-ring (bicyclic) bond motifs is 3. The Morgan fingerprint density at radius 1 is 1.19 bits per heavy atom. The van der Waals surface area contributed by atoms with Gasteiger partial charge in [0.25, 0.3) is 0 Å². The molecule has 1 aliphatic rings. The van der Waals surface area contributed by atoms with Gasteiger partial charge in [-0.05, 0) is 42.3 Å². The van der Waals surface area contributed by atoms with Gasteiger partial charge in [-0.15, -0.1) is 11.3 Å². The summed E-state index contributed by atoms with van der Waals surface area (Å²) in [4.78, 5) is 13.6. The summed E-state index contributed by atoms with van der Waals surface area (Å²) in [5.41, 5.74) is 0.933. The van der Waals surface area contributed by atoms with E-state index >= 15 is 0 Å². The molecule has 2 aromatic heterocycles. The number of nitrogens with one attached hydrogen (secondary N) is 2. The van der Waals surface area contributed by atoms with Crippen molar-refractivity contribution in [2.75, 3.05) is 11.9 Å². The second-order valence-electron chi connectivity index (χ2n) is 5.83. The van der Waals surface area contributed by atoms with E-state index in [2.05, 4.69) is 10.4 Å². The van der Waals surface area contributed by atoms with E-state index in [0.717, 1.165) is 16.0 Å². The number of alkyl halides is 3. The van der Waals surface area contributed by atoms with Crippen molar-refractivity contribution in [3.8, 4) is 10.4 Å². The Balaban J connectivity index is 1.73. The molecule has 0 amide bonds. The summed E-state index contributed by atoms with van der Waals surface area (Å²) in [6.45, 7) is 0.564. The third-order valence-corrected chi connectivity index (χ3v) is 5.29. The number of benzene rings is 1. The van der Waals surface area contributed by atoms with Crippen LogP contribution in [0.25, 0.3) is 10.4 Å². The number of nitrogens with zero attached hydrogens (tertiary/aromatic N) is 1. The Bertz CT molecular complexity index is 1010. The van der Waals surface area contributed by atoms with Crippen LogP contribution in [0, 0.1) is 5.82 Å². The number of ketones is 1. The highest BCUT2D eigenvalue weighted by Crippen LogP contribution is 2.40. The first-order chi connectivity index (χ1) is 12.3. The van der Waals surface area contributed by atoms with Crippen LogP contribution in [0.5, 0.6) is 0 Å². The highest BCUT2D eigenvalue weighted by atomic mass is 32.1. The molecule has 4 rings (SSSR count). The molecule has 2 N–H and O–H groups in total. The van der Waals surface area contributed by atoms with Crippen molar-refractivity contribution in [2.45, 2.75) is 12.6 Å². The number of carbonyl (C=O) groups excluding carboxylic acids is 1. The fourth-order valence-corrected chi connectivity index (χ4v) is 4.05. The lowest BCUT2D eigenvalue weighted by Crippen LogP contribution is -2.05. The molecule has 0 saturated heterocycles. The molecule has 0 atom stereocenters. The lowest BCUT2D eigenvalue weighted by Gasteiger charge is -2.07. The summed E-state index contributed by atoms with van der Waals surface area (Å²) >= 11 is 1.17. The molecule has 0 radical (unpaired) electrons. The Kier molecular flexibility index (Phi) is 3.83. The van der Waals surface area contributed by atoms with Crippen LogP contribution in [0.3, 0.4) is 0 Å². The van der Waals surface area contributed by atoms with Gasteiger partial charge in [0.05, 0.1) is 4.88 Å². The quantitative estimate of drug-likeness (QED) is 0.508. The molecule has 0 bridgehead atoms. The molecular weight excluding hydrogens is 370 g/mol. The van der Waals surface area contributed by atoms with Gasteiger partial charge in [-0.1, -0.05) is 0 Å². The van der Waals surface area contributed by atoms with Crippen molar-refractivity contribution in [3.63, 3.8) is 0 Å². The average molecular weight is 381 g/mol. The first-order valence-electron chi connectivity index (χ1n) is 7.67. The predicted octanol–water partition coefficient (Wildman–Crippen LogP) is 4.50. The van der Waals surface area contributed by atoms with Crippen LogP contribution in [0.2, 0.25) is 0 Å². The standard InChI is InChI=1S/C17H11F4N3OS/c18-9-1-2-10-11(6-9)22-4-3-8-5-13(26-16(8)10)15(25)12-7-14(24-23-12)17(19,20)21/h1-2,5-7,22H,3-4H2,(H,23,24). The van der Waals surface area contributed by atoms with Crippen LogP contribution in [0.4, 0.5) is 23.2 Å². The number of H-pyrrole nitrogens is 1. The largest absolute Gasteiger partial charge is 0.432 e. The van der Waals surface area contributed by atoms with E-state index in [1.165, 1.54) is 23.5 Å². The number of hydrogen-bond acceptors (Lipinski definition) is 4. The fourth-order valence-electron chi connectivity index (χ4n) is 2.86. The highest BCUT2D eigenvalue weighted by Gasteiger charge is 2.34. The number of anilines is 1. The van der Waals surface area contributed by atoms with E-state index in [1.807, 2.05) is 5.10 Å². The molecule has 4 nitrogen and oxygen atoms in total. The van der Waals surface area contributed by atoms with Crippen molar-refractivity contribution in [1.29, 1.82) is 0 Å². The van der Waals surface area contributed by atoms with Crippen molar-refractivity contribution < 1.29 is 22.4 Å². The minimum Gasteiger partial charge on any atom is -0.384 e. The molecule has 1 aromatic carbocycles. The number of rotatable bonds is 2. The molecule has 26 heavy (non-hydrogen) atoms. The van der Waals surface area contributed by atoms with Crippen LogP contribution < -0.4 is 5.32 Å². The number of hydrogen-bond donors (Lipinski definition) is 2. The summed E-state index contributed by atoms with van der Waals surface area (Å²) in [6.07, 6.45) is -3.98. The summed E-state index contributed by atoms with van der Waals surface area (Å²) in [6, 6.07) is 6.72. The van der Waals surface area contributed by atoms with Gasteiger partial charge in [-0.3, -0.25) is 9.89 Å². The predicted molar refractivity (Wildman–Crippen MR) is 88.9 cm³/mol. The maximum atomic E-state index is 13.5. The Hall–Kier alpha value is -2.68. The Labute approximate surface area is 148 Å². The second kappa shape index (κ2) is 5.94. The van der Waals surface area contributed by atoms with E-state index < -0.39 is 17.7 Å². The molecule has 0 fully saturated rings. The van der Waals surface area contributed by atoms with Gasteiger partial charge < -0.3 is 5.32 Å². The van der Waals surface area contributed by atoms with E-state index in [9.17, 15) is 22.4 Å². The van der Waals surface area contributed by atoms with Gasteiger partial charge in [-0.25, -0.2) is 4.39 Å². The molecule has 3 heterocycles. The van der Waals surface area contributed by atoms with E-state index in [1.54, 1.807) is 12.1 Å². The van der Waals surface area contributed by atoms with E-state index in [0.29, 0.717) is 29.6 Å². The molecule has 1 aliphatic heterocycles. The number of aromatic nitrogens is 2. The minimum atomic E-state index is -4.59. The van der Waals surface area contributed by atoms with Crippen molar-refractivity contribution in [2.24, 2.45) is 0 Å². The van der Waals surface area contributed by atoms with E-state index in [-0.39, 0.29) is 11.5 Å². The van der Waals surface area contributed by atoms with Gasteiger partial charge in [0.1, 0.15) is 17.2 Å². The van der Waals surface area contributed by atoms with Crippen LogP contribution in [-0.4, -0.2) is 22.5 Å². The summed E-state index contributed by atoms with van der Waals surface area (Å²) in [5, 5.41) is 8.48. The molecule has 3 aromatic rings. The molecular formula is C17H11F4N3OS. The SMILES string of the molecule is O=C(c1cc(C(F)(F)F)[nH]n1)c1cc2c(s1)-c1ccc(F)cc1NCC2. The van der Waals surface area contributed by atoms with Gasteiger partial charge in [0, 0.05) is 22.7 Å². The summed E-state index contributed by atoms with van der Waals surface area (Å²) in [5.74, 6) is -0.949. The van der Waals surface area contributed by atoms with E-state index in [4.69, 9.17) is 0 Å². The van der Waals surface area contributed by atoms with Crippen LogP contribution >= 0.6 is 11.3 Å². The third kappa shape index (κ3) is 2.88. The monoisotopic (exact) mass is 381 g/mol. The Morgan fingerprint density at radius 3 is 2.73 bits per heavy atom. The molecule has 9 heteroatoms. The maximum Gasteiger partial charge on any atom is 0.432 e. The van der Waals surface area contributed by atoms with Crippen LogP contribution in [0.1, 0.15) is 26.6 Å². The number of aromatic amines is 1. The highest BCUT2D eigenvalue weighted by molar-refractivity contribution is 7.17. The molecule has 0 aliphatic carbocycles. The van der Waals surface area contributed by atoms with Crippen LogP contribution in [0.15, 0.2) is 30.3 Å². The van der Waals surface area contributed by atoms with Crippen LogP contribution in [-0.2, 0) is 12.6 Å². The lowest BCUT2D eigenvalue weighted by atomic mass is 10.1. The van der Waals surface area contributed by atoms with Gasteiger partial charge in [0.2, 0.25) is 5.78 Å². The number of halogens is 4. The smallest absolute Gasteiger partial charge is 0.384 e. The summed E-state index contributed by atoms with van der Waals surface area (Å²) < 4.78 is 51.5. The molecule has 0 unspecified atom stereocenters. The zero-order valence-corrected chi connectivity index (χ0v) is 13.9. The van der Waals surface area contributed by atoms with Crippen molar-refractivity contribution in [1.82, 2.24) is 10.2 Å². The molecule has 134 valence electrons.